The Kier molecular flexibility index (Phi) is 2.91. The summed E-state index contributed by atoms with van der Waals surface area (Å²) in [6.45, 7) is 4.46. The fraction of sp³-hybridized carbons (Fsp3) is 0.200. The number of rotatable bonds is 3. The highest BCUT2D eigenvalue weighted by molar-refractivity contribution is 5.38. The molecule has 0 fully saturated rings. The zero-order chi connectivity index (χ0) is 13.2. The van der Waals surface area contributed by atoms with Crippen LogP contribution in [0.4, 0.5) is 0 Å². The zero-order valence-corrected chi connectivity index (χ0v) is 11.0. The molecule has 2 heterocycles. The van der Waals surface area contributed by atoms with Gasteiger partial charge in [0.25, 0.3) is 0 Å². The summed E-state index contributed by atoms with van der Waals surface area (Å²) in [6, 6.07) is 11.9. The molecule has 0 radical (unpaired) electrons. The van der Waals surface area contributed by atoms with E-state index in [9.17, 15) is 0 Å². The van der Waals surface area contributed by atoms with Crippen molar-refractivity contribution in [1.29, 1.82) is 0 Å². The number of ether oxygens (including phenoxy) is 1. The summed E-state index contributed by atoms with van der Waals surface area (Å²) in [5, 5.41) is 4.39. The molecule has 0 atom stereocenters. The van der Waals surface area contributed by atoms with Gasteiger partial charge in [-0.2, -0.15) is 0 Å². The Morgan fingerprint density at radius 2 is 1.74 bits per heavy atom. The summed E-state index contributed by atoms with van der Waals surface area (Å²) < 4.78 is 7.45. The lowest BCUT2D eigenvalue weighted by Crippen LogP contribution is -1.98. The maximum Gasteiger partial charge on any atom is 0.189 e. The van der Waals surface area contributed by atoms with Gasteiger partial charge in [0.1, 0.15) is 12.4 Å². The fourth-order valence-corrected chi connectivity index (χ4v) is 1.88. The van der Waals surface area contributed by atoms with E-state index in [0.717, 1.165) is 17.0 Å². The summed E-state index contributed by atoms with van der Waals surface area (Å²) in [4.78, 5) is 4.41. The molecule has 0 unspecified atom stereocenters. The van der Waals surface area contributed by atoms with Gasteiger partial charge in [0.15, 0.2) is 11.5 Å². The molecule has 0 aliphatic rings. The van der Waals surface area contributed by atoms with Gasteiger partial charge in [-0.25, -0.2) is 9.50 Å². The number of benzene rings is 1. The Bertz CT molecular complexity index is 701. The van der Waals surface area contributed by atoms with Crippen molar-refractivity contribution >= 4 is 5.65 Å². The summed E-state index contributed by atoms with van der Waals surface area (Å²) in [5.74, 6) is 1.52. The van der Waals surface area contributed by atoms with Crippen LogP contribution in [0.1, 0.15) is 17.0 Å². The Morgan fingerprint density at radius 3 is 2.53 bits per heavy atom. The third-order valence-electron chi connectivity index (χ3n) is 2.91. The molecule has 0 N–H and O–H groups in total. The van der Waals surface area contributed by atoms with E-state index in [1.54, 1.807) is 4.52 Å². The van der Waals surface area contributed by atoms with Gasteiger partial charge in [0, 0.05) is 6.20 Å². The highest BCUT2D eigenvalue weighted by atomic mass is 16.5. The lowest BCUT2D eigenvalue weighted by atomic mass is 10.2. The number of aromatic nitrogens is 3. The highest BCUT2D eigenvalue weighted by Crippen LogP contribution is 2.13. The lowest BCUT2D eigenvalue weighted by Gasteiger charge is -2.03. The molecule has 0 aliphatic heterocycles. The van der Waals surface area contributed by atoms with Crippen molar-refractivity contribution in [2.24, 2.45) is 0 Å². The number of pyridine rings is 1. The molecule has 0 aliphatic carbocycles. The third-order valence-corrected chi connectivity index (χ3v) is 2.91. The van der Waals surface area contributed by atoms with E-state index < -0.39 is 0 Å². The SMILES string of the molecule is Cc1ccc(OCc2nc3ccc(C)cn3n2)cc1. The van der Waals surface area contributed by atoms with Crippen molar-refractivity contribution < 1.29 is 4.74 Å². The van der Waals surface area contributed by atoms with Crippen molar-refractivity contribution in [3.8, 4) is 5.75 Å². The molecule has 0 amide bonds. The molecule has 3 rings (SSSR count). The van der Waals surface area contributed by atoms with Gasteiger partial charge in [-0.1, -0.05) is 23.8 Å². The van der Waals surface area contributed by atoms with Crippen molar-refractivity contribution in [1.82, 2.24) is 14.6 Å². The number of hydrogen-bond donors (Lipinski definition) is 0. The van der Waals surface area contributed by atoms with Crippen LogP contribution >= 0.6 is 0 Å². The number of fused-ring (bicyclic) bond motifs is 1. The smallest absolute Gasteiger partial charge is 0.189 e. The van der Waals surface area contributed by atoms with Gasteiger partial charge in [0.2, 0.25) is 0 Å². The van der Waals surface area contributed by atoms with Crippen molar-refractivity contribution in [3.05, 3.63) is 59.5 Å². The second-order valence-electron chi connectivity index (χ2n) is 4.64. The normalized spacial score (nSPS) is 10.8. The van der Waals surface area contributed by atoms with E-state index in [-0.39, 0.29) is 0 Å². The topological polar surface area (TPSA) is 39.4 Å². The maximum absolute atomic E-state index is 5.67. The van der Waals surface area contributed by atoms with E-state index in [1.165, 1.54) is 5.56 Å². The third kappa shape index (κ3) is 2.57. The molecular weight excluding hydrogens is 238 g/mol. The molecule has 2 aromatic heterocycles. The van der Waals surface area contributed by atoms with Crippen LogP contribution < -0.4 is 4.74 Å². The fourth-order valence-electron chi connectivity index (χ4n) is 1.88. The van der Waals surface area contributed by atoms with Gasteiger partial charge in [-0.3, -0.25) is 0 Å². The van der Waals surface area contributed by atoms with E-state index in [4.69, 9.17) is 4.74 Å². The number of aryl methyl sites for hydroxylation is 2. The highest BCUT2D eigenvalue weighted by Gasteiger charge is 2.04. The average Bonchev–Trinajstić information content (AvgIpc) is 2.80. The maximum atomic E-state index is 5.67. The first-order valence-corrected chi connectivity index (χ1v) is 6.22. The number of nitrogens with zero attached hydrogens (tertiary/aromatic N) is 3. The van der Waals surface area contributed by atoms with Crippen molar-refractivity contribution in [2.45, 2.75) is 20.5 Å². The second-order valence-corrected chi connectivity index (χ2v) is 4.64. The van der Waals surface area contributed by atoms with Crippen LogP contribution in [0, 0.1) is 13.8 Å². The molecule has 4 nitrogen and oxygen atoms in total. The van der Waals surface area contributed by atoms with E-state index in [1.807, 2.05) is 49.5 Å². The molecule has 0 bridgehead atoms. The zero-order valence-electron chi connectivity index (χ0n) is 11.0. The monoisotopic (exact) mass is 253 g/mol. The Balaban J connectivity index is 1.76. The first kappa shape index (κ1) is 11.7. The summed E-state index contributed by atoms with van der Waals surface area (Å²) in [5.41, 5.74) is 3.21. The van der Waals surface area contributed by atoms with Gasteiger partial charge in [0.05, 0.1) is 0 Å². The van der Waals surface area contributed by atoms with Gasteiger partial charge in [-0.05, 0) is 37.6 Å². The molecule has 1 aromatic carbocycles. The van der Waals surface area contributed by atoms with Crippen LogP contribution in [0.2, 0.25) is 0 Å². The van der Waals surface area contributed by atoms with Crippen LogP contribution in [0.15, 0.2) is 42.6 Å². The molecule has 0 spiro atoms. The predicted molar refractivity (Wildman–Crippen MR) is 73.2 cm³/mol. The predicted octanol–water partition coefficient (Wildman–Crippen LogP) is 2.93. The molecule has 0 saturated carbocycles. The molecule has 4 heteroatoms. The van der Waals surface area contributed by atoms with Gasteiger partial charge < -0.3 is 4.74 Å². The second kappa shape index (κ2) is 4.72. The van der Waals surface area contributed by atoms with Crippen LogP contribution in [-0.4, -0.2) is 14.6 Å². The van der Waals surface area contributed by atoms with Crippen LogP contribution in [0.25, 0.3) is 5.65 Å². The van der Waals surface area contributed by atoms with Crippen molar-refractivity contribution in [2.75, 3.05) is 0 Å². The molecule has 0 saturated heterocycles. The van der Waals surface area contributed by atoms with Gasteiger partial charge in [-0.15, -0.1) is 5.10 Å². The Labute approximate surface area is 111 Å². The molecule has 96 valence electrons. The number of hydrogen-bond acceptors (Lipinski definition) is 3. The minimum Gasteiger partial charge on any atom is -0.486 e. The van der Waals surface area contributed by atoms with Gasteiger partial charge >= 0.3 is 0 Å². The summed E-state index contributed by atoms with van der Waals surface area (Å²) in [7, 11) is 0. The lowest BCUT2D eigenvalue weighted by molar-refractivity contribution is 0.296. The minimum atomic E-state index is 0.379. The quantitative estimate of drug-likeness (QED) is 0.720. The average molecular weight is 253 g/mol. The van der Waals surface area contributed by atoms with Crippen molar-refractivity contribution in [3.63, 3.8) is 0 Å². The van der Waals surface area contributed by atoms with E-state index in [2.05, 4.69) is 17.0 Å². The summed E-state index contributed by atoms with van der Waals surface area (Å²) >= 11 is 0. The first-order valence-electron chi connectivity index (χ1n) is 6.22. The van der Waals surface area contributed by atoms with Crippen LogP contribution in [0.3, 0.4) is 0 Å². The molecule has 3 aromatic rings. The Hall–Kier alpha value is -2.36. The van der Waals surface area contributed by atoms with Crippen LogP contribution in [-0.2, 0) is 6.61 Å². The molecular formula is C15H15N3O. The standard InChI is InChI=1S/C15H15N3O/c1-11-3-6-13(7-4-11)19-10-14-16-15-8-5-12(2)9-18(15)17-14/h3-9H,10H2,1-2H3. The first-order chi connectivity index (χ1) is 9.20. The van der Waals surface area contributed by atoms with E-state index in [0.29, 0.717) is 12.4 Å². The molecule has 19 heavy (non-hydrogen) atoms. The minimum absolute atomic E-state index is 0.379. The summed E-state index contributed by atoms with van der Waals surface area (Å²) in [6.07, 6.45) is 1.96. The van der Waals surface area contributed by atoms with Crippen LogP contribution in [0.5, 0.6) is 5.75 Å². The van der Waals surface area contributed by atoms with E-state index >= 15 is 0 Å². The Morgan fingerprint density at radius 1 is 1.00 bits per heavy atom. The largest absolute Gasteiger partial charge is 0.486 e.